The Hall–Kier alpha value is -0.800. The van der Waals surface area contributed by atoms with Crippen molar-refractivity contribution in [1.29, 1.82) is 0 Å². The maximum Gasteiger partial charge on any atom is 0.110 e. The maximum atomic E-state index is 8.71. The van der Waals surface area contributed by atoms with Crippen LogP contribution in [0.25, 0.3) is 0 Å². The highest BCUT2D eigenvalue weighted by atomic mass is 17.2. The van der Waals surface area contributed by atoms with E-state index in [1.54, 1.807) is 12.2 Å². The molecular weight excluding hydrogens is 256 g/mol. The Morgan fingerprint density at radius 3 is 1.47 bits per heavy atom. The van der Waals surface area contributed by atoms with Gasteiger partial charge >= 0.3 is 0 Å². The summed E-state index contributed by atoms with van der Waals surface area (Å²) in [6.07, 6.45) is 1.44. The summed E-state index contributed by atoms with van der Waals surface area (Å²) in [6, 6.07) is 0. The standard InChI is InChI=1S/C6H14O6.C6H10O/c7-1-5(9)3-11-12-4-6(10)2-8;1-3-5-7-6-4-2/h5-10H,1-4H2;3-4H,1-2,5-6H2. The van der Waals surface area contributed by atoms with Gasteiger partial charge in [0, 0.05) is 0 Å². The van der Waals surface area contributed by atoms with Gasteiger partial charge < -0.3 is 25.2 Å². The number of aliphatic hydroxyl groups excluding tert-OH is 4. The van der Waals surface area contributed by atoms with Gasteiger partial charge in [-0.1, -0.05) is 12.2 Å². The van der Waals surface area contributed by atoms with Crippen molar-refractivity contribution in [2.45, 2.75) is 12.2 Å². The molecule has 19 heavy (non-hydrogen) atoms. The van der Waals surface area contributed by atoms with Gasteiger partial charge in [-0.25, -0.2) is 9.78 Å². The Morgan fingerprint density at radius 1 is 0.842 bits per heavy atom. The van der Waals surface area contributed by atoms with Crippen LogP contribution in [0.1, 0.15) is 0 Å². The van der Waals surface area contributed by atoms with E-state index in [0.717, 1.165) is 0 Å². The Balaban J connectivity index is 0. The first kappa shape index (κ1) is 20.5. The third-order valence-electron chi connectivity index (χ3n) is 1.50. The molecule has 0 radical (unpaired) electrons. The van der Waals surface area contributed by atoms with Crippen molar-refractivity contribution in [3.05, 3.63) is 25.3 Å². The summed E-state index contributed by atoms with van der Waals surface area (Å²) < 4.78 is 4.90. The van der Waals surface area contributed by atoms with Crippen LogP contribution in [0.4, 0.5) is 0 Å². The van der Waals surface area contributed by atoms with Gasteiger partial charge in [0.1, 0.15) is 25.4 Å². The topological polar surface area (TPSA) is 109 Å². The lowest BCUT2D eigenvalue weighted by atomic mass is 10.4. The number of hydrogen-bond acceptors (Lipinski definition) is 7. The zero-order valence-corrected chi connectivity index (χ0v) is 11.0. The lowest BCUT2D eigenvalue weighted by Crippen LogP contribution is -2.23. The quantitative estimate of drug-likeness (QED) is 0.167. The summed E-state index contributed by atoms with van der Waals surface area (Å²) >= 11 is 0. The Bertz CT molecular complexity index is 179. The van der Waals surface area contributed by atoms with Crippen molar-refractivity contribution < 1.29 is 34.9 Å². The van der Waals surface area contributed by atoms with Crippen LogP contribution in [0.5, 0.6) is 0 Å². The molecule has 0 aliphatic carbocycles. The van der Waals surface area contributed by atoms with Crippen molar-refractivity contribution >= 4 is 0 Å². The summed E-state index contributed by atoms with van der Waals surface area (Å²) in [5.41, 5.74) is 0. The second kappa shape index (κ2) is 17.2. The minimum Gasteiger partial charge on any atom is -0.394 e. The molecule has 0 aromatic heterocycles. The Kier molecular flexibility index (Phi) is 18.6. The molecule has 7 heteroatoms. The Morgan fingerprint density at radius 2 is 1.21 bits per heavy atom. The largest absolute Gasteiger partial charge is 0.394 e. The number of hydrogen-bond donors (Lipinski definition) is 4. The first-order valence-electron chi connectivity index (χ1n) is 5.74. The molecule has 0 rings (SSSR count). The van der Waals surface area contributed by atoms with Gasteiger partial charge in [-0.2, -0.15) is 0 Å². The molecule has 4 N–H and O–H groups in total. The summed E-state index contributed by atoms with van der Waals surface area (Å²) in [5.74, 6) is 0. The third kappa shape index (κ3) is 19.7. The minimum absolute atomic E-state index is 0.172. The summed E-state index contributed by atoms with van der Waals surface area (Å²) in [5, 5.41) is 34.1. The van der Waals surface area contributed by atoms with E-state index in [-0.39, 0.29) is 13.2 Å². The van der Waals surface area contributed by atoms with Gasteiger partial charge in [0.05, 0.1) is 26.4 Å². The first-order chi connectivity index (χ1) is 9.12. The number of rotatable bonds is 11. The van der Waals surface area contributed by atoms with Crippen LogP contribution < -0.4 is 0 Å². The molecule has 7 nitrogen and oxygen atoms in total. The first-order valence-corrected chi connectivity index (χ1v) is 5.74. The van der Waals surface area contributed by atoms with E-state index in [0.29, 0.717) is 13.2 Å². The predicted molar refractivity (Wildman–Crippen MR) is 69.3 cm³/mol. The van der Waals surface area contributed by atoms with E-state index in [1.165, 1.54) is 0 Å². The van der Waals surface area contributed by atoms with Crippen molar-refractivity contribution in [3.8, 4) is 0 Å². The van der Waals surface area contributed by atoms with Crippen LogP contribution >= 0.6 is 0 Å². The SMILES string of the molecule is C=CCOCC=C.OCC(O)COOCC(O)CO. The fraction of sp³-hybridized carbons (Fsp3) is 0.667. The maximum absolute atomic E-state index is 8.71. The molecule has 0 aromatic carbocycles. The smallest absolute Gasteiger partial charge is 0.110 e. The number of ether oxygens (including phenoxy) is 1. The molecule has 0 spiro atoms. The lowest BCUT2D eigenvalue weighted by Gasteiger charge is -2.09. The van der Waals surface area contributed by atoms with Crippen LogP contribution in [0.3, 0.4) is 0 Å². The minimum atomic E-state index is -0.990. The highest BCUT2D eigenvalue weighted by Gasteiger charge is 2.04. The molecule has 2 atom stereocenters. The van der Waals surface area contributed by atoms with E-state index in [1.807, 2.05) is 0 Å². The molecule has 0 aliphatic heterocycles. The summed E-state index contributed by atoms with van der Waals surface area (Å²) in [4.78, 5) is 8.76. The highest BCUT2D eigenvalue weighted by molar-refractivity contribution is 4.68. The second-order valence-corrected chi connectivity index (χ2v) is 3.36. The van der Waals surface area contributed by atoms with Crippen LogP contribution in [0, 0.1) is 0 Å². The molecule has 0 bridgehead atoms. The summed E-state index contributed by atoms with van der Waals surface area (Å²) in [6.45, 7) is 7.02. The zero-order chi connectivity index (χ0) is 14.9. The molecule has 0 saturated carbocycles. The number of aliphatic hydroxyl groups is 4. The average Bonchev–Trinajstić information content (AvgIpc) is 2.44. The molecule has 0 aliphatic rings. The monoisotopic (exact) mass is 280 g/mol. The normalized spacial score (nSPS) is 13.1. The molecule has 0 fully saturated rings. The fourth-order valence-corrected chi connectivity index (χ4v) is 0.593. The van der Waals surface area contributed by atoms with Gasteiger partial charge in [0.25, 0.3) is 0 Å². The second-order valence-electron chi connectivity index (χ2n) is 3.36. The molecule has 0 amide bonds. The van der Waals surface area contributed by atoms with E-state index < -0.39 is 25.4 Å². The molecule has 0 aromatic rings. The van der Waals surface area contributed by atoms with E-state index >= 15 is 0 Å². The van der Waals surface area contributed by atoms with Crippen molar-refractivity contribution in [2.75, 3.05) is 39.6 Å². The van der Waals surface area contributed by atoms with Gasteiger partial charge in [0.2, 0.25) is 0 Å². The molecular formula is C12H24O7. The van der Waals surface area contributed by atoms with Crippen LogP contribution in [0.2, 0.25) is 0 Å². The van der Waals surface area contributed by atoms with Gasteiger partial charge in [-0.05, 0) is 0 Å². The van der Waals surface area contributed by atoms with Crippen LogP contribution in [0.15, 0.2) is 25.3 Å². The molecule has 114 valence electrons. The van der Waals surface area contributed by atoms with E-state index in [9.17, 15) is 0 Å². The highest BCUT2D eigenvalue weighted by Crippen LogP contribution is 1.88. The Labute approximate surface area is 113 Å². The van der Waals surface area contributed by atoms with Gasteiger partial charge in [-0.3, -0.25) is 0 Å². The molecule has 0 heterocycles. The molecule has 2 unspecified atom stereocenters. The molecule has 0 saturated heterocycles. The van der Waals surface area contributed by atoms with Crippen molar-refractivity contribution in [3.63, 3.8) is 0 Å². The third-order valence-corrected chi connectivity index (χ3v) is 1.50. The van der Waals surface area contributed by atoms with E-state index in [4.69, 9.17) is 25.2 Å². The summed E-state index contributed by atoms with van der Waals surface area (Å²) in [7, 11) is 0. The van der Waals surface area contributed by atoms with Crippen molar-refractivity contribution in [1.82, 2.24) is 0 Å². The van der Waals surface area contributed by atoms with Gasteiger partial charge in [-0.15, -0.1) is 13.2 Å². The van der Waals surface area contributed by atoms with Crippen molar-refractivity contribution in [2.24, 2.45) is 0 Å². The van der Waals surface area contributed by atoms with Gasteiger partial charge in [0.15, 0.2) is 0 Å². The lowest BCUT2D eigenvalue weighted by molar-refractivity contribution is -0.316. The fourth-order valence-electron chi connectivity index (χ4n) is 0.593. The average molecular weight is 280 g/mol. The van der Waals surface area contributed by atoms with E-state index in [2.05, 4.69) is 22.9 Å². The van der Waals surface area contributed by atoms with Crippen LogP contribution in [-0.4, -0.2) is 72.3 Å². The predicted octanol–water partition coefficient (Wildman–Crippen LogP) is -0.984. The van der Waals surface area contributed by atoms with Crippen LogP contribution in [-0.2, 0) is 14.5 Å². The zero-order valence-electron chi connectivity index (χ0n) is 11.0.